The van der Waals surface area contributed by atoms with Gasteiger partial charge >= 0.3 is 0 Å². The van der Waals surface area contributed by atoms with Crippen LogP contribution in [0.5, 0.6) is 0 Å². The second-order valence-electron chi connectivity index (χ2n) is 5.02. The van der Waals surface area contributed by atoms with Crippen molar-refractivity contribution in [3.8, 4) is 0 Å². The Morgan fingerprint density at radius 2 is 1.35 bits per heavy atom. The molecule has 0 rings (SSSR count). The van der Waals surface area contributed by atoms with Crippen LogP contribution in [0.1, 0.15) is 64.2 Å². The number of hydrogen-bond acceptors (Lipinski definition) is 4. The van der Waals surface area contributed by atoms with Crippen molar-refractivity contribution in [1.82, 2.24) is 0 Å². The summed E-state index contributed by atoms with van der Waals surface area (Å²) in [6, 6.07) is 0. The molecule has 118 valence electrons. The smallest absolute Gasteiger partial charge is 0.198 e. The maximum atomic E-state index is 10.9. The molecule has 0 aromatic carbocycles. The molecule has 0 heterocycles. The minimum Gasteiger partial charge on any atom is -0.218 e. The van der Waals surface area contributed by atoms with Crippen molar-refractivity contribution in [2.24, 2.45) is 5.11 Å². The average molecular weight is 322 g/mol. The third kappa shape index (κ3) is 17.6. The van der Waals surface area contributed by atoms with Crippen LogP contribution in [0.25, 0.3) is 10.4 Å². The van der Waals surface area contributed by atoms with Gasteiger partial charge < -0.3 is 0 Å². The van der Waals surface area contributed by atoms with E-state index in [1.54, 1.807) is 0 Å². The summed E-state index contributed by atoms with van der Waals surface area (Å²) in [6.45, 7) is 0.627. The van der Waals surface area contributed by atoms with Crippen molar-refractivity contribution in [1.29, 1.82) is 0 Å². The van der Waals surface area contributed by atoms with E-state index >= 15 is 0 Å². The van der Waals surface area contributed by atoms with Gasteiger partial charge in [0.2, 0.25) is 0 Å². The van der Waals surface area contributed by atoms with Crippen LogP contribution in [0.3, 0.4) is 0 Å². The van der Waals surface area contributed by atoms with Gasteiger partial charge in [0.1, 0.15) is 0 Å². The predicted molar refractivity (Wildman–Crippen MR) is 87.5 cm³/mol. The van der Waals surface area contributed by atoms with Gasteiger partial charge in [-0.1, -0.05) is 56.5 Å². The first-order valence-electron chi connectivity index (χ1n) is 7.41. The Morgan fingerprint density at radius 1 is 0.900 bits per heavy atom. The van der Waals surface area contributed by atoms with E-state index in [2.05, 4.69) is 10.0 Å². The van der Waals surface area contributed by atoms with E-state index in [1.165, 1.54) is 44.8 Å². The lowest BCUT2D eigenvalue weighted by Crippen LogP contribution is -1.91. The highest BCUT2D eigenvalue weighted by molar-refractivity contribution is 8.71. The normalized spacial score (nSPS) is 11.2. The van der Waals surface area contributed by atoms with Crippen LogP contribution in [0.4, 0.5) is 0 Å². The van der Waals surface area contributed by atoms with Crippen molar-refractivity contribution in [3.05, 3.63) is 10.4 Å². The maximum absolute atomic E-state index is 10.9. The molecule has 0 aliphatic heterocycles. The lowest BCUT2D eigenvalue weighted by atomic mass is 10.1. The Kier molecular flexibility index (Phi) is 13.3. The number of rotatable bonds is 14. The third-order valence-corrected chi connectivity index (χ3v) is 5.68. The van der Waals surface area contributed by atoms with E-state index in [4.69, 9.17) is 5.53 Å². The molecule has 0 aliphatic rings. The van der Waals surface area contributed by atoms with Crippen molar-refractivity contribution in [3.63, 3.8) is 0 Å². The van der Waals surface area contributed by atoms with Gasteiger partial charge in [-0.2, -0.15) is 0 Å². The van der Waals surface area contributed by atoms with Gasteiger partial charge in [0.15, 0.2) is 8.87 Å². The van der Waals surface area contributed by atoms with E-state index in [0.717, 1.165) is 42.2 Å². The fraction of sp³-hybridized carbons (Fsp3) is 1.00. The highest BCUT2D eigenvalue weighted by Gasteiger charge is 2.01. The van der Waals surface area contributed by atoms with Crippen LogP contribution in [0.15, 0.2) is 5.11 Å². The summed E-state index contributed by atoms with van der Waals surface area (Å²) in [6.07, 6.45) is 13.1. The molecule has 0 atom stereocenters. The van der Waals surface area contributed by atoms with Gasteiger partial charge in [-0.15, -0.1) is 0 Å². The standard InChI is InChI=1S/C13H27N3O2S2/c1-20(17,18)19-13-11-9-7-5-3-2-4-6-8-10-12-15-16-14/h2-13H2,1H3. The number of nitrogens with zero attached hydrogens (tertiary/aromatic N) is 3. The summed E-state index contributed by atoms with van der Waals surface area (Å²) >= 11 is 0. The van der Waals surface area contributed by atoms with Crippen LogP contribution in [0.2, 0.25) is 0 Å². The third-order valence-electron chi connectivity index (χ3n) is 3.01. The molecule has 5 nitrogen and oxygen atoms in total. The van der Waals surface area contributed by atoms with Crippen molar-refractivity contribution >= 4 is 19.7 Å². The van der Waals surface area contributed by atoms with Crippen molar-refractivity contribution in [2.75, 3.05) is 18.6 Å². The summed E-state index contributed by atoms with van der Waals surface area (Å²) in [7, 11) is -1.79. The Morgan fingerprint density at radius 3 is 1.80 bits per heavy atom. The molecule has 20 heavy (non-hydrogen) atoms. The van der Waals surface area contributed by atoms with E-state index in [1.807, 2.05) is 0 Å². The quantitative estimate of drug-likeness (QED) is 0.150. The molecular weight excluding hydrogens is 294 g/mol. The molecule has 0 bridgehead atoms. The van der Waals surface area contributed by atoms with Crippen LogP contribution >= 0.6 is 10.8 Å². The summed E-state index contributed by atoms with van der Waals surface area (Å²) in [5.41, 5.74) is 8.11. The molecule has 0 saturated heterocycles. The first-order valence-corrected chi connectivity index (χ1v) is 10.8. The molecule has 0 fully saturated rings. The second kappa shape index (κ2) is 13.6. The molecule has 0 unspecified atom stereocenters. The van der Waals surface area contributed by atoms with Gasteiger partial charge in [-0.25, -0.2) is 8.42 Å². The fourth-order valence-corrected chi connectivity index (χ4v) is 3.84. The van der Waals surface area contributed by atoms with Crippen LogP contribution in [-0.2, 0) is 8.87 Å². The van der Waals surface area contributed by atoms with Crippen molar-refractivity contribution in [2.45, 2.75) is 64.2 Å². The Balaban J connectivity index is 3.08. The first-order chi connectivity index (χ1) is 9.56. The molecule has 0 aromatic heterocycles. The molecule has 0 saturated carbocycles. The molecule has 0 aliphatic carbocycles. The monoisotopic (exact) mass is 321 g/mol. The average Bonchev–Trinajstić information content (AvgIpc) is 2.38. The zero-order chi connectivity index (χ0) is 15.1. The van der Waals surface area contributed by atoms with Gasteiger partial charge in [-0.3, -0.25) is 0 Å². The molecule has 0 amide bonds. The summed E-state index contributed by atoms with van der Waals surface area (Å²) in [4.78, 5) is 2.73. The van der Waals surface area contributed by atoms with Crippen LogP contribution in [0, 0.1) is 0 Å². The molecule has 7 heteroatoms. The minimum absolute atomic E-state index is 0.627. The molecule has 0 aromatic rings. The van der Waals surface area contributed by atoms with Crippen LogP contribution < -0.4 is 0 Å². The Bertz CT molecular complexity index is 366. The van der Waals surface area contributed by atoms with Crippen LogP contribution in [-0.4, -0.2) is 27.0 Å². The predicted octanol–water partition coefficient (Wildman–Crippen LogP) is 4.89. The van der Waals surface area contributed by atoms with Gasteiger partial charge in [-0.05, 0) is 29.2 Å². The zero-order valence-electron chi connectivity index (χ0n) is 12.5. The van der Waals surface area contributed by atoms with E-state index in [9.17, 15) is 8.42 Å². The first kappa shape index (κ1) is 19.6. The van der Waals surface area contributed by atoms with E-state index < -0.39 is 8.87 Å². The summed E-state index contributed by atoms with van der Waals surface area (Å²) < 4.78 is 21.8. The van der Waals surface area contributed by atoms with Gasteiger partial charge in [0.05, 0.1) is 0 Å². The number of unbranched alkanes of at least 4 members (excludes halogenated alkanes) is 9. The highest BCUT2D eigenvalue weighted by Crippen LogP contribution is 2.15. The fourth-order valence-electron chi connectivity index (χ4n) is 1.95. The second-order valence-corrected chi connectivity index (χ2v) is 9.59. The summed E-state index contributed by atoms with van der Waals surface area (Å²) in [5, 5.41) is 3.51. The van der Waals surface area contributed by atoms with E-state index in [-0.39, 0.29) is 0 Å². The Hall–Kier alpha value is -0.390. The maximum Gasteiger partial charge on any atom is 0.198 e. The number of hydrogen-bond donors (Lipinski definition) is 0. The van der Waals surface area contributed by atoms with Gasteiger partial charge in [0, 0.05) is 23.5 Å². The molecule has 0 spiro atoms. The molecule has 0 radical (unpaired) electrons. The SMILES string of the molecule is CS(=O)(=O)SCCCCCCCCCCCCN=[N+]=[N-]. The van der Waals surface area contributed by atoms with Gasteiger partial charge in [0.25, 0.3) is 0 Å². The lowest BCUT2D eigenvalue weighted by Gasteiger charge is -2.02. The lowest BCUT2D eigenvalue weighted by molar-refractivity contribution is 0.558. The largest absolute Gasteiger partial charge is 0.218 e. The minimum atomic E-state index is -2.85. The Labute approximate surface area is 126 Å². The highest BCUT2D eigenvalue weighted by atomic mass is 33.1. The number of azide groups is 1. The summed E-state index contributed by atoms with van der Waals surface area (Å²) in [5.74, 6) is 0.726. The topological polar surface area (TPSA) is 82.9 Å². The van der Waals surface area contributed by atoms with E-state index in [0.29, 0.717) is 6.54 Å². The molecule has 0 N–H and O–H groups in total. The molecular formula is C13H27N3O2S2. The van der Waals surface area contributed by atoms with Crippen molar-refractivity contribution < 1.29 is 8.42 Å². The zero-order valence-corrected chi connectivity index (χ0v) is 14.1.